The fourth-order valence-corrected chi connectivity index (χ4v) is 3.05. The Kier molecular flexibility index (Phi) is 4.57. The minimum atomic E-state index is -0.889. The molecular weight excluding hydrogens is 295 g/mol. The van der Waals surface area contributed by atoms with Crippen LogP contribution in [0.25, 0.3) is 11.1 Å². The second-order valence-electron chi connectivity index (χ2n) is 5.79. The van der Waals surface area contributed by atoms with E-state index in [1.54, 1.807) is 0 Å². The Morgan fingerprint density at radius 2 is 2.09 bits per heavy atom. The van der Waals surface area contributed by atoms with Crippen molar-refractivity contribution in [1.82, 2.24) is 5.32 Å². The van der Waals surface area contributed by atoms with Crippen LogP contribution in [0.5, 0.6) is 5.75 Å². The largest absolute Gasteiger partial charge is 0.410 e. The summed E-state index contributed by atoms with van der Waals surface area (Å²) in [5.41, 5.74) is 7.23. The van der Waals surface area contributed by atoms with Gasteiger partial charge in [0.1, 0.15) is 11.6 Å². The highest BCUT2D eigenvalue weighted by Gasteiger charge is 2.21. The molecule has 4 nitrogen and oxygen atoms in total. The van der Waals surface area contributed by atoms with Crippen LogP contribution in [0.15, 0.2) is 42.5 Å². The van der Waals surface area contributed by atoms with E-state index in [-0.39, 0.29) is 5.82 Å². The zero-order valence-corrected chi connectivity index (χ0v) is 12.7. The van der Waals surface area contributed by atoms with Crippen molar-refractivity contribution in [3.63, 3.8) is 0 Å². The fraction of sp³-hybridized carbons (Fsp3) is 0.278. The Labute approximate surface area is 134 Å². The zero-order chi connectivity index (χ0) is 16.2. The Morgan fingerprint density at radius 1 is 1.30 bits per heavy atom. The topological polar surface area (TPSA) is 64.4 Å². The number of benzene rings is 2. The molecule has 3 N–H and O–H groups in total. The number of ether oxygens (including phenoxy) is 1. The molecule has 1 aliphatic heterocycles. The van der Waals surface area contributed by atoms with Gasteiger partial charge < -0.3 is 15.8 Å². The standard InChI is InChI=1S/C18H19FN2O2/c19-15-9-14(8-12-6-7-21-11-12)17(23-18(20)22)16(10-15)13-4-2-1-3-5-13/h1-5,9-10,12,21H,6-8,11H2,(H2,20,22)/t12-/m1/s1. The quantitative estimate of drug-likeness (QED) is 0.911. The molecule has 0 aromatic heterocycles. The first-order valence-electron chi connectivity index (χ1n) is 7.69. The van der Waals surface area contributed by atoms with Crippen molar-refractivity contribution in [2.75, 3.05) is 13.1 Å². The molecule has 5 heteroatoms. The van der Waals surface area contributed by atoms with Crippen molar-refractivity contribution < 1.29 is 13.9 Å². The van der Waals surface area contributed by atoms with Crippen molar-refractivity contribution in [3.8, 4) is 16.9 Å². The molecule has 1 fully saturated rings. The summed E-state index contributed by atoms with van der Waals surface area (Å²) in [4.78, 5) is 11.3. The number of nitrogens with two attached hydrogens (primary N) is 1. The van der Waals surface area contributed by atoms with Crippen molar-refractivity contribution in [1.29, 1.82) is 0 Å². The van der Waals surface area contributed by atoms with Gasteiger partial charge in [0.2, 0.25) is 0 Å². The van der Waals surface area contributed by atoms with Gasteiger partial charge in [-0.1, -0.05) is 30.3 Å². The van der Waals surface area contributed by atoms with Gasteiger partial charge >= 0.3 is 6.09 Å². The van der Waals surface area contributed by atoms with Crippen LogP contribution in [0.1, 0.15) is 12.0 Å². The molecule has 0 radical (unpaired) electrons. The van der Waals surface area contributed by atoms with Gasteiger partial charge in [0.25, 0.3) is 0 Å². The molecule has 0 bridgehead atoms. The van der Waals surface area contributed by atoms with E-state index >= 15 is 0 Å². The smallest absolute Gasteiger partial charge is 0.409 e. The highest BCUT2D eigenvalue weighted by atomic mass is 19.1. The van der Waals surface area contributed by atoms with Gasteiger partial charge in [0.15, 0.2) is 0 Å². The van der Waals surface area contributed by atoms with E-state index in [1.165, 1.54) is 12.1 Å². The number of amides is 1. The number of hydrogen-bond acceptors (Lipinski definition) is 3. The molecule has 23 heavy (non-hydrogen) atoms. The number of hydrogen-bond donors (Lipinski definition) is 2. The predicted molar refractivity (Wildman–Crippen MR) is 86.7 cm³/mol. The average Bonchev–Trinajstić information content (AvgIpc) is 3.03. The normalized spacial score (nSPS) is 17.2. The summed E-state index contributed by atoms with van der Waals surface area (Å²) >= 11 is 0. The van der Waals surface area contributed by atoms with Crippen molar-refractivity contribution in [3.05, 3.63) is 53.8 Å². The highest BCUT2D eigenvalue weighted by Crippen LogP contribution is 2.36. The third kappa shape index (κ3) is 3.68. The molecule has 3 rings (SSSR count). The second-order valence-corrected chi connectivity index (χ2v) is 5.79. The third-order valence-electron chi connectivity index (χ3n) is 4.09. The number of carbonyl (C=O) groups is 1. The number of nitrogens with one attached hydrogen (secondary N) is 1. The van der Waals surface area contributed by atoms with E-state index in [0.717, 1.165) is 25.1 Å². The summed E-state index contributed by atoms with van der Waals surface area (Å²) in [5.74, 6) is 0.411. The van der Waals surface area contributed by atoms with Crippen LogP contribution < -0.4 is 15.8 Å². The molecule has 2 aromatic rings. The fourth-order valence-electron chi connectivity index (χ4n) is 3.05. The summed E-state index contributed by atoms with van der Waals surface area (Å²) in [6.45, 7) is 1.84. The molecule has 120 valence electrons. The summed E-state index contributed by atoms with van der Waals surface area (Å²) in [7, 11) is 0. The number of primary amides is 1. The molecule has 1 heterocycles. The molecule has 0 saturated carbocycles. The summed E-state index contributed by atoms with van der Waals surface area (Å²) in [5, 5.41) is 3.29. The van der Waals surface area contributed by atoms with Gasteiger partial charge in [0, 0.05) is 5.56 Å². The monoisotopic (exact) mass is 314 g/mol. The van der Waals surface area contributed by atoms with E-state index in [0.29, 0.717) is 29.2 Å². The van der Waals surface area contributed by atoms with Crippen LogP contribution in [0, 0.1) is 11.7 Å². The van der Waals surface area contributed by atoms with Gasteiger partial charge in [-0.25, -0.2) is 9.18 Å². The summed E-state index contributed by atoms with van der Waals surface area (Å²) < 4.78 is 19.4. The summed E-state index contributed by atoms with van der Waals surface area (Å²) in [6.07, 6.45) is 0.778. The van der Waals surface area contributed by atoms with E-state index in [2.05, 4.69) is 5.32 Å². The summed E-state index contributed by atoms with van der Waals surface area (Å²) in [6, 6.07) is 12.1. The Bertz CT molecular complexity index is 698. The lowest BCUT2D eigenvalue weighted by Gasteiger charge is -2.17. The first-order chi connectivity index (χ1) is 11.1. The Balaban J connectivity index is 2.06. The van der Waals surface area contributed by atoms with Gasteiger partial charge in [-0.05, 0) is 55.1 Å². The Hall–Kier alpha value is -2.40. The first-order valence-corrected chi connectivity index (χ1v) is 7.69. The lowest BCUT2D eigenvalue weighted by molar-refractivity contribution is 0.210. The second kappa shape index (κ2) is 6.79. The van der Waals surface area contributed by atoms with Crippen LogP contribution in [0.2, 0.25) is 0 Å². The minimum Gasteiger partial charge on any atom is -0.410 e. The van der Waals surface area contributed by atoms with Crippen LogP contribution in [-0.2, 0) is 6.42 Å². The number of carbonyl (C=O) groups excluding carboxylic acids is 1. The zero-order valence-electron chi connectivity index (χ0n) is 12.7. The third-order valence-corrected chi connectivity index (χ3v) is 4.09. The van der Waals surface area contributed by atoms with E-state index in [9.17, 15) is 9.18 Å². The minimum absolute atomic E-state index is 0.346. The average molecular weight is 314 g/mol. The molecular formula is C18H19FN2O2. The van der Waals surface area contributed by atoms with E-state index < -0.39 is 6.09 Å². The highest BCUT2D eigenvalue weighted by molar-refractivity contribution is 5.77. The van der Waals surface area contributed by atoms with Crippen LogP contribution >= 0.6 is 0 Å². The molecule has 0 aliphatic carbocycles. The van der Waals surface area contributed by atoms with Gasteiger partial charge in [-0.15, -0.1) is 0 Å². The molecule has 0 unspecified atom stereocenters. The van der Waals surface area contributed by atoms with Crippen molar-refractivity contribution in [2.24, 2.45) is 11.7 Å². The van der Waals surface area contributed by atoms with E-state index in [4.69, 9.17) is 10.5 Å². The van der Waals surface area contributed by atoms with Gasteiger partial charge in [-0.3, -0.25) is 0 Å². The molecule has 1 atom stereocenters. The first kappa shape index (κ1) is 15.5. The maximum absolute atomic E-state index is 14.1. The van der Waals surface area contributed by atoms with Crippen molar-refractivity contribution in [2.45, 2.75) is 12.8 Å². The van der Waals surface area contributed by atoms with Gasteiger partial charge in [-0.2, -0.15) is 0 Å². The van der Waals surface area contributed by atoms with Gasteiger partial charge in [0.05, 0.1) is 0 Å². The molecule has 0 spiro atoms. The number of rotatable bonds is 4. The lowest BCUT2D eigenvalue weighted by atomic mass is 9.94. The van der Waals surface area contributed by atoms with Crippen LogP contribution in [0.4, 0.5) is 9.18 Å². The SMILES string of the molecule is NC(=O)Oc1c(C[C@H]2CCNC2)cc(F)cc1-c1ccccc1. The Morgan fingerprint density at radius 3 is 2.74 bits per heavy atom. The van der Waals surface area contributed by atoms with E-state index in [1.807, 2.05) is 30.3 Å². The maximum Gasteiger partial charge on any atom is 0.409 e. The van der Waals surface area contributed by atoms with Crippen LogP contribution in [-0.4, -0.2) is 19.2 Å². The maximum atomic E-state index is 14.1. The van der Waals surface area contributed by atoms with Crippen LogP contribution in [0.3, 0.4) is 0 Å². The lowest BCUT2D eigenvalue weighted by Crippen LogP contribution is -2.19. The molecule has 2 aromatic carbocycles. The predicted octanol–water partition coefficient (Wildman–Crippen LogP) is 3.10. The molecule has 1 amide bonds. The molecule has 1 aliphatic rings. The molecule has 1 saturated heterocycles. The van der Waals surface area contributed by atoms with Crippen molar-refractivity contribution >= 4 is 6.09 Å². The number of halogens is 1.